The fourth-order valence-electron chi connectivity index (χ4n) is 3.86. The van der Waals surface area contributed by atoms with Gasteiger partial charge in [0.15, 0.2) is 0 Å². The normalized spacial score (nSPS) is 13.8. The van der Waals surface area contributed by atoms with Crippen LogP contribution in [0.15, 0.2) is 0 Å². The van der Waals surface area contributed by atoms with Crippen LogP contribution in [0.5, 0.6) is 0 Å². The summed E-state index contributed by atoms with van der Waals surface area (Å²) >= 11 is 0. The second-order valence-corrected chi connectivity index (χ2v) is 10.1. The van der Waals surface area contributed by atoms with E-state index in [1.54, 1.807) is 0 Å². The molecule has 29 heavy (non-hydrogen) atoms. The zero-order valence-corrected chi connectivity index (χ0v) is 22.5. The van der Waals surface area contributed by atoms with E-state index >= 15 is 0 Å². The van der Waals surface area contributed by atoms with Gasteiger partial charge in [-0.3, -0.25) is 0 Å². The molecule has 0 bridgehead atoms. The molecule has 0 heterocycles. The molecule has 1 N–H and O–H groups in total. The van der Waals surface area contributed by atoms with Crippen LogP contribution in [0.4, 0.5) is 0 Å². The van der Waals surface area contributed by atoms with Gasteiger partial charge in [-0.05, 0) is 12.8 Å². The number of aliphatic hydroxyl groups is 1. The third-order valence-electron chi connectivity index (χ3n) is 5.75. The predicted octanol–water partition coefficient (Wildman–Crippen LogP) is 3.72. The number of aliphatic hydroxyl groups excluding tert-OH is 1. The summed E-state index contributed by atoms with van der Waals surface area (Å²) in [5.41, 5.74) is 0. The molecule has 0 saturated heterocycles. The van der Waals surface area contributed by atoms with Gasteiger partial charge in [-0.25, -0.2) is 8.42 Å². The molecule has 0 amide bonds. The summed E-state index contributed by atoms with van der Waals surface area (Å²) in [6.07, 6.45) is 19.4. The maximum absolute atomic E-state index is 11.5. The summed E-state index contributed by atoms with van der Waals surface area (Å²) in [5.74, 6) is 0. The van der Waals surface area contributed by atoms with E-state index < -0.39 is 21.5 Å². The van der Waals surface area contributed by atoms with E-state index in [0.29, 0.717) is 12.8 Å². The second-order valence-electron chi connectivity index (χ2n) is 8.48. The summed E-state index contributed by atoms with van der Waals surface area (Å²) in [4.78, 5) is 0. The summed E-state index contributed by atoms with van der Waals surface area (Å²) < 4.78 is 34.6. The average molecular weight is 443 g/mol. The van der Waals surface area contributed by atoms with Crippen LogP contribution in [-0.4, -0.2) is 29.4 Å². The van der Waals surface area contributed by atoms with Crippen LogP contribution in [0.2, 0.25) is 0 Å². The van der Waals surface area contributed by atoms with Gasteiger partial charge in [-0.15, -0.1) is 0 Å². The van der Waals surface area contributed by atoms with Crippen molar-refractivity contribution in [3.05, 3.63) is 0 Å². The first kappa shape index (κ1) is 32.1. The van der Waals surface area contributed by atoms with Crippen molar-refractivity contribution in [2.75, 3.05) is 0 Å². The summed E-state index contributed by atoms with van der Waals surface area (Å²) in [6, 6.07) is 0. The number of rotatable bonds is 21. The van der Waals surface area contributed by atoms with Gasteiger partial charge in [0.05, 0.1) is 11.4 Å². The van der Waals surface area contributed by atoms with Gasteiger partial charge in [0, 0.05) is 0 Å². The van der Waals surface area contributed by atoms with Gasteiger partial charge < -0.3 is 9.66 Å². The molecule has 0 aromatic carbocycles. The Hall–Kier alpha value is 0.870. The molecule has 2 atom stereocenters. The van der Waals surface area contributed by atoms with Crippen LogP contribution >= 0.6 is 0 Å². The van der Waals surface area contributed by atoms with E-state index in [9.17, 15) is 18.1 Å². The van der Waals surface area contributed by atoms with Gasteiger partial charge in [-0.1, -0.05) is 123 Å². The van der Waals surface area contributed by atoms with Crippen molar-refractivity contribution in [2.45, 2.75) is 147 Å². The van der Waals surface area contributed by atoms with E-state index in [2.05, 4.69) is 13.8 Å². The monoisotopic (exact) mass is 442 g/mol. The van der Waals surface area contributed by atoms with Crippen molar-refractivity contribution in [3.8, 4) is 0 Å². The molecule has 0 radical (unpaired) electrons. The Morgan fingerprint density at radius 2 is 0.931 bits per heavy atom. The third-order valence-corrected chi connectivity index (χ3v) is 7.04. The molecule has 170 valence electrons. The van der Waals surface area contributed by atoms with Crippen LogP contribution in [0.1, 0.15) is 136 Å². The molecule has 0 saturated carbocycles. The minimum absolute atomic E-state index is 0. The Kier molecular flexibility index (Phi) is 24.4. The second kappa shape index (κ2) is 22.1. The molecule has 0 fully saturated rings. The van der Waals surface area contributed by atoms with Crippen molar-refractivity contribution < 1.29 is 47.6 Å². The van der Waals surface area contributed by atoms with Crippen LogP contribution in [0.3, 0.4) is 0 Å². The fraction of sp³-hybridized carbons (Fsp3) is 1.00. The molecule has 0 aliphatic carbocycles. The largest absolute Gasteiger partial charge is 1.00 e. The van der Waals surface area contributed by atoms with Gasteiger partial charge in [-0.2, -0.15) is 0 Å². The van der Waals surface area contributed by atoms with Gasteiger partial charge in [0.1, 0.15) is 10.1 Å². The Morgan fingerprint density at radius 3 is 1.28 bits per heavy atom. The maximum Gasteiger partial charge on any atom is 1.00 e. The zero-order valence-electron chi connectivity index (χ0n) is 19.7. The average Bonchev–Trinajstić information content (AvgIpc) is 2.64. The fourth-order valence-corrected chi connectivity index (χ4v) is 4.83. The standard InChI is InChI=1S/C23H48O4S.Na/c1-3-5-7-9-11-12-13-14-15-17-19-21-23(28(25,26)27)22(24)20-18-16-10-8-6-4-2;/h22-24H,3-21H2,1-2H3,(H,25,26,27);/q;+1/p-1. The van der Waals surface area contributed by atoms with Gasteiger partial charge in [0.2, 0.25) is 0 Å². The number of unbranched alkanes of at least 4 members (excludes halogenated alkanes) is 15. The molecule has 0 aromatic heterocycles. The van der Waals surface area contributed by atoms with Crippen LogP contribution in [0, 0.1) is 0 Å². The van der Waals surface area contributed by atoms with Crippen molar-refractivity contribution >= 4 is 10.1 Å². The molecule has 2 unspecified atom stereocenters. The minimum Gasteiger partial charge on any atom is -0.748 e. The summed E-state index contributed by atoms with van der Waals surface area (Å²) in [7, 11) is -4.43. The predicted molar refractivity (Wildman–Crippen MR) is 119 cm³/mol. The molecule has 6 heteroatoms. The first-order valence-corrected chi connectivity index (χ1v) is 13.5. The van der Waals surface area contributed by atoms with E-state index in [-0.39, 0.29) is 29.6 Å². The first-order valence-electron chi connectivity index (χ1n) is 12.1. The Bertz CT molecular complexity index is 429. The van der Waals surface area contributed by atoms with E-state index in [0.717, 1.165) is 38.5 Å². The molecule has 0 spiro atoms. The van der Waals surface area contributed by atoms with Crippen molar-refractivity contribution in [2.24, 2.45) is 0 Å². The number of hydrogen-bond acceptors (Lipinski definition) is 4. The Labute approximate surface area is 204 Å². The van der Waals surface area contributed by atoms with Crippen LogP contribution < -0.4 is 29.6 Å². The Balaban J connectivity index is 0. The summed E-state index contributed by atoms with van der Waals surface area (Å²) in [5, 5.41) is 9.11. The number of hydrogen-bond donors (Lipinski definition) is 1. The van der Waals surface area contributed by atoms with Gasteiger partial charge in [0.25, 0.3) is 0 Å². The van der Waals surface area contributed by atoms with Crippen molar-refractivity contribution in [1.29, 1.82) is 0 Å². The van der Waals surface area contributed by atoms with Crippen LogP contribution in [-0.2, 0) is 10.1 Å². The molecule has 0 aromatic rings. The maximum atomic E-state index is 11.5. The summed E-state index contributed by atoms with van der Waals surface area (Å²) in [6.45, 7) is 4.40. The molecular weight excluding hydrogens is 395 g/mol. The topological polar surface area (TPSA) is 77.4 Å². The van der Waals surface area contributed by atoms with Crippen molar-refractivity contribution in [3.63, 3.8) is 0 Å². The van der Waals surface area contributed by atoms with E-state index in [4.69, 9.17) is 0 Å². The van der Waals surface area contributed by atoms with E-state index in [1.807, 2.05) is 0 Å². The Morgan fingerprint density at radius 1 is 0.621 bits per heavy atom. The smallest absolute Gasteiger partial charge is 0.748 e. The molecule has 0 aliphatic rings. The quantitative estimate of drug-likeness (QED) is 0.167. The molecular formula is C23H47NaO4S. The van der Waals surface area contributed by atoms with Gasteiger partial charge >= 0.3 is 29.6 Å². The molecule has 0 aliphatic heterocycles. The van der Waals surface area contributed by atoms with Crippen molar-refractivity contribution in [1.82, 2.24) is 0 Å². The zero-order chi connectivity index (χ0) is 21.1. The third kappa shape index (κ3) is 20.5. The van der Waals surface area contributed by atoms with E-state index in [1.165, 1.54) is 70.6 Å². The minimum atomic E-state index is -4.43. The first-order chi connectivity index (χ1) is 13.4. The molecule has 4 nitrogen and oxygen atoms in total. The SMILES string of the molecule is CCCCCCCCCCCCCC(C(O)CCCCCCCC)S(=O)(=O)[O-].[Na+]. The van der Waals surface area contributed by atoms with Crippen LogP contribution in [0.25, 0.3) is 0 Å². The molecule has 0 rings (SSSR count).